The molecule has 2 aromatic carbocycles. The van der Waals surface area contributed by atoms with Crippen molar-refractivity contribution in [3.8, 4) is 11.3 Å². The Morgan fingerprint density at radius 1 is 1.04 bits per heavy atom. The van der Waals surface area contributed by atoms with Crippen molar-refractivity contribution in [3.05, 3.63) is 77.1 Å². The van der Waals surface area contributed by atoms with Crippen LogP contribution in [0.3, 0.4) is 0 Å². The highest BCUT2D eigenvalue weighted by Gasteiger charge is 2.10. The average molecular weight is 380 g/mol. The SMILES string of the molecule is CC(=O)Nc1cccc(NC(=O)Cn2cnc(-c3ccccc3F)cc2=O)c1. The third kappa shape index (κ3) is 4.67. The molecular formula is C20H17FN4O3. The Hall–Kier alpha value is -3.81. The van der Waals surface area contributed by atoms with Crippen LogP contribution < -0.4 is 16.2 Å². The predicted molar refractivity (Wildman–Crippen MR) is 103 cm³/mol. The zero-order valence-electron chi connectivity index (χ0n) is 15.0. The lowest BCUT2D eigenvalue weighted by molar-refractivity contribution is -0.117. The molecule has 0 saturated heterocycles. The van der Waals surface area contributed by atoms with Gasteiger partial charge in [0.05, 0.1) is 12.0 Å². The maximum atomic E-state index is 13.8. The summed E-state index contributed by atoms with van der Waals surface area (Å²) in [5.41, 5.74) is 0.947. The zero-order valence-corrected chi connectivity index (χ0v) is 15.0. The molecule has 1 heterocycles. The first-order valence-electron chi connectivity index (χ1n) is 8.41. The maximum Gasteiger partial charge on any atom is 0.254 e. The summed E-state index contributed by atoms with van der Waals surface area (Å²) in [6.45, 7) is 1.13. The standard InChI is InChI=1S/C20H17FN4O3/c1-13(26)23-14-5-4-6-15(9-14)24-19(27)11-25-12-22-18(10-20(25)28)16-7-2-3-8-17(16)21/h2-10,12H,11H2,1H3,(H,23,26)(H,24,27). The second-order valence-electron chi connectivity index (χ2n) is 6.03. The van der Waals surface area contributed by atoms with E-state index in [1.165, 1.54) is 31.5 Å². The van der Waals surface area contributed by atoms with Crippen molar-refractivity contribution in [3.63, 3.8) is 0 Å². The lowest BCUT2D eigenvalue weighted by Gasteiger charge is -2.09. The number of carbonyl (C=O) groups is 2. The summed E-state index contributed by atoms with van der Waals surface area (Å²) in [6, 6.07) is 13.8. The molecule has 3 aromatic rings. The molecule has 0 unspecified atom stereocenters. The minimum atomic E-state index is -0.482. The number of halogens is 1. The summed E-state index contributed by atoms with van der Waals surface area (Å²) in [6.07, 6.45) is 1.21. The van der Waals surface area contributed by atoms with Crippen molar-refractivity contribution >= 4 is 23.2 Å². The average Bonchev–Trinajstić information content (AvgIpc) is 2.63. The van der Waals surface area contributed by atoms with Gasteiger partial charge in [-0.1, -0.05) is 18.2 Å². The van der Waals surface area contributed by atoms with Gasteiger partial charge in [0.1, 0.15) is 12.4 Å². The minimum Gasteiger partial charge on any atom is -0.326 e. The highest BCUT2D eigenvalue weighted by atomic mass is 19.1. The number of hydrogen-bond acceptors (Lipinski definition) is 4. The van der Waals surface area contributed by atoms with Crippen LogP contribution in [0.15, 0.2) is 65.7 Å². The molecule has 0 bridgehead atoms. The van der Waals surface area contributed by atoms with Crippen LogP contribution in [-0.2, 0) is 16.1 Å². The molecule has 0 aliphatic carbocycles. The van der Waals surface area contributed by atoms with Gasteiger partial charge < -0.3 is 10.6 Å². The summed E-state index contributed by atoms with van der Waals surface area (Å²) in [5, 5.41) is 5.27. The van der Waals surface area contributed by atoms with Crippen molar-refractivity contribution in [2.45, 2.75) is 13.5 Å². The van der Waals surface area contributed by atoms with Crippen molar-refractivity contribution in [2.75, 3.05) is 10.6 Å². The first-order valence-corrected chi connectivity index (χ1v) is 8.41. The Morgan fingerprint density at radius 3 is 2.43 bits per heavy atom. The molecule has 8 heteroatoms. The van der Waals surface area contributed by atoms with E-state index in [1.54, 1.807) is 36.4 Å². The molecule has 0 aliphatic rings. The molecule has 0 fully saturated rings. The Bertz CT molecular complexity index is 1090. The van der Waals surface area contributed by atoms with E-state index in [9.17, 15) is 18.8 Å². The Morgan fingerprint density at radius 2 is 1.75 bits per heavy atom. The first-order chi connectivity index (χ1) is 13.4. The molecule has 2 amide bonds. The van der Waals surface area contributed by atoms with Crippen molar-refractivity contribution in [2.24, 2.45) is 0 Å². The Kier molecular flexibility index (Phi) is 5.59. The monoisotopic (exact) mass is 380 g/mol. The fourth-order valence-corrected chi connectivity index (χ4v) is 2.59. The van der Waals surface area contributed by atoms with Crippen LogP contribution in [0.4, 0.5) is 15.8 Å². The van der Waals surface area contributed by atoms with Gasteiger partial charge in [0.15, 0.2) is 0 Å². The van der Waals surface area contributed by atoms with Gasteiger partial charge in [-0.2, -0.15) is 0 Å². The lowest BCUT2D eigenvalue weighted by Crippen LogP contribution is -2.27. The summed E-state index contributed by atoms with van der Waals surface area (Å²) < 4.78 is 15.0. The van der Waals surface area contributed by atoms with E-state index in [0.29, 0.717) is 11.4 Å². The van der Waals surface area contributed by atoms with E-state index in [1.807, 2.05) is 0 Å². The zero-order chi connectivity index (χ0) is 20.1. The molecular weight excluding hydrogens is 363 g/mol. The van der Waals surface area contributed by atoms with Gasteiger partial charge in [-0.25, -0.2) is 9.37 Å². The van der Waals surface area contributed by atoms with Gasteiger partial charge in [-0.15, -0.1) is 0 Å². The molecule has 0 radical (unpaired) electrons. The molecule has 0 aliphatic heterocycles. The maximum absolute atomic E-state index is 13.8. The predicted octanol–water partition coefficient (Wildman–Crippen LogP) is 2.65. The van der Waals surface area contributed by atoms with E-state index in [4.69, 9.17) is 0 Å². The van der Waals surface area contributed by atoms with Crippen LogP contribution in [0.2, 0.25) is 0 Å². The van der Waals surface area contributed by atoms with Crippen LogP contribution in [0.1, 0.15) is 6.92 Å². The van der Waals surface area contributed by atoms with Crippen LogP contribution in [0, 0.1) is 5.82 Å². The van der Waals surface area contributed by atoms with Gasteiger partial charge in [-0.3, -0.25) is 19.0 Å². The highest BCUT2D eigenvalue weighted by Crippen LogP contribution is 2.18. The molecule has 2 N–H and O–H groups in total. The Balaban J connectivity index is 1.72. The number of benzene rings is 2. The third-order valence-electron chi connectivity index (χ3n) is 3.81. The second kappa shape index (κ2) is 8.26. The fraction of sp³-hybridized carbons (Fsp3) is 0.100. The third-order valence-corrected chi connectivity index (χ3v) is 3.81. The van der Waals surface area contributed by atoms with Gasteiger partial charge in [0.25, 0.3) is 5.56 Å². The first kappa shape index (κ1) is 19.0. The molecule has 1 aromatic heterocycles. The van der Waals surface area contributed by atoms with Crippen LogP contribution in [-0.4, -0.2) is 21.4 Å². The molecule has 0 spiro atoms. The van der Waals surface area contributed by atoms with Crippen LogP contribution >= 0.6 is 0 Å². The van der Waals surface area contributed by atoms with Crippen LogP contribution in [0.5, 0.6) is 0 Å². The van der Waals surface area contributed by atoms with E-state index in [0.717, 1.165) is 4.57 Å². The molecule has 28 heavy (non-hydrogen) atoms. The number of anilines is 2. The van der Waals surface area contributed by atoms with E-state index in [-0.39, 0.29) is 23.7 Å². The summed E-state index contributed by atoms with van der Waals surface area (Å²) in [4.78, 5) is 39.7. The van der Waals surface area contributed by atoms with E-state index < -0.39 is 17.3 Å². The fourth-order valence-electron chi connectivity index (χ4n) is 2.59. The number of nitrogens with zero attached hydrogens (tertiary/aromatic N) is 2. The second-order valence-corrected chi connectivity index (χ2v) is 6.03. The van der Waals surface area contributed by atoms with Crippen molar-refractivity contribution < 1.29 is 14.0 Å². The topological polar surface area (TPSA) is 93.1 Å². The Labute approximate surface area is 159 Å². The smallest absolute Gasteiger partial charge is 0.254 e. The quantitative estimate of drug-likeness (QED) is 0.712. The van der Waals surface area contributed by atoms with E-state index >= 15 is 0 Å². The number of carbonyl (C=O) groups excluding carboxylic acids is 2. The minimum absolute atomic E-state index is 0.197. The largest absolute Gasteiger partial charge is 0.326 e. The summed E-state index contributed by atoms with van der Waals surface area (Å²) >= 11 is 0. The summed E-state index contributed by atoms with van der Waals surface area (Å²) in [7, 11) is 0. The molecule has 142 valence electrons. The highest BCUT2D eigenvalue weighted by molar-refractivity contribution is 5.93. The van der Waals surface area contributed by atoms with Crippen LogP contribution in [0.25, 0.3) is 11.3 Å². The number of aromatic nitrogens is 2. The van der Waals surface area contributed by atoms with Crippen molar-refractivity contribution in [1.29, 1.82) is 0 Å². The molecule has 3 rings (SSSR count). The number of hydrogen-bond donors (Lipinski definition) is 2. The summed E-state index contributed by atoms with van der Waals surface area (Å²) in [5.74, 6) is -1.15. The van der Waals surface area contributed by atoms with Gasteiger partial charge >= 0.3 is 0 Å². The molecule has 0 saturated carbocycles. The van der Waals surface area contributed by atoms with Gasteiger partial charge in [-0.05, 0) is 30.3 Å². The normalized spacial score (nSPS) is 10.4. The number of nitrogens with one attached hydrogen (secondary N) is 2. The van der Waals surface area contributed by atoms with Gasteiger partial charge in [0.2, 0.25) is 11.8 Å². The number of amides is 2. The van der Waals surface area contributed by atoms with E-state index in [2.05, 4.69) is 15.6 Å². The molecule has 0 atom stereocenters. The lowest BCUT2D eigenvalue weighted by atomic mass is 10.1. The molecule has 7 nitrogen and oxygen atoms in total. The number of rotatable bonds is 5. The van der Waals surface area contributed by atoms with Crippen molar-refractivity contribution in [1.82, 2.24) is 9.55 Å². The van der Waals surface area contributed by atoms with Gasteiger partial charge in [0, 0.05) is 29.9 Å².